The van der Waals surface area contributed by atoms with E-state index in [1.165, 1.54) is 0 Å². The highest BCUT2D eigenvalue weighted by Crippen LogP contribution is 2.21. The molecule has 2 N–H and O–H groups in total. The van der Waals surface area contributed by atoms with Crippen molar-refractivity contribution >= 4 is 5.91 Å². The van der Waals surface area contributed by atoms with Gasteiger partial charge in [-0.05, 0) is 32.4 Å². The lowest BCUT2D eigenvalue weighted by molar-refractivity contribution is -0.125. The van der Waals surface area contributed by atoms with E-state index in [2.05, 4.69) is 42.5 Å². The summed E-state index contributed by atoms with van der Waals surface area (Å²) in [5, 5.41) is 6.14. The third kappa shape index (κ3) is 4.62. The van der Waals surface area contributed by atoms with Gasteiger partial charge in [-0.2, -0.15) is 0 Å². The molecule has 0 aromatic rings. The summed E-state index contributed by atoms with van der Waals surface area (Å²) >= 11 is 0. The number of hydrogen-bond donors (Lipinski definition) is 2. The van der Waals surface area contributed by atoms with Gasteiger partial charge in [0, 0.05) is 18.3 Å². The molecule has 0 aromatic carbocycles. The molecule has 0 saturated carbocycles. The largest absolute Gasteiger partial charge is 0.386 e. The summed E-state index contributed by atoms with van der Waals surface area (Å²) in [6.45, 7) is 13.4. The Balaban J connectivity index is 2.52. The van der Waals surface area contributed by atoms with Crippen LogP contribution in [0.15, 0.2) is 25.1 Å². The predicted molar refractivity (Wildman–Crippen MR) is 79.6 cm³/mol. The van der Waals surface area contributed by atoms with Gasteiger partial charge < -0.3 is 15.5 Å². The summed E-state index contributed by atoms with van der Waals surface area (Å²) in [6, 6.07) is 0.193. The summed E-state index contributed by atoms with van der Waals surface area (Å²) in [5.74, 6) is 0.137. The van der Waals surface area contributed by atoms with Crippen molar-refractivity contribution in [1.29, 1.82) is 0 Å². The fourth-order valence-electron chi connectivity index (χ4n) is 2.55. The normalized spacial score (nSPS) is 19.9. The first kappa shape index (κ1) is 15.6. The van der Waals surface area contributed by atoms with Crippen molar-refractivity contribution in [2.24, 2.45) is 0 Å². The van der Waals surface area contributed by atoms with Crippen molar-refractivity contribution in [3.05, 3.63) is 25.1 Å². The lowest BCUT2D eigenvalue weighted by atomic mass is 10.1. The molecule has 0 bridgehead atoms. The van der Waals surface area contributed by atoms with Gasteiger partial charge >= 0.3 is 0 Å². The van der Waals surface area contributed by atoms with Crippen molar-refractivity contribution in [3.8, 4) is 0 Å². The molecule has 0 radical (unpaired) electrons. The smallest absolute Gasteiger partial charge is 0.242 e. The van der Waals surface area contributed by atoms with Crippen LogP contribution in [-0.2, 0) is 4.79 Å². The van der Waals surface area contributed by atoms with Crippen molar-refractivity contribution in [2.75, 3.05) is 13.1 Å². The number of rotatable bonds is 8. The molecule has 1 amide bonds. The van der Waals surface area contributed by atoms with Gasteiger partial charge in [-0.3, -0.25) is 4.79 Å². The maximum absolute atomic E-state index is 12.3. The van der Waals surface area contributed by atoms with Crippen LogP contribution in [0.5, 0.6) is 0 Å². The second-order valence-electron chi connectivity index (χ2n) is 5.20. The fraction of sp³-hybridized carbons (Fsp3) is 0.667. The SMILES string of the molecule is C=CNCC(=C)N1CCCC1C(=O)NC(C)CCC. The molecule has 19 heavy (non-hydrogen) atoms. The van der Waals surface area contributed by atoms with Crippen molar-refractivity contribution in [2.45, 2.75) is 51.6 Å². The standard InChI is InChI=1S/C15H27N3O/c1-5-8-12(3)17-15(19)14-9-7-10-18(14)13(4)11-16-6-2/h6,12,14,16H,2,4-5,7-11H2,1,3H3,(H,17,19). The van der Waals surface area contributed by atoms with E-state index in [0.717, 1.165) is 37.9 Å². The molecule has 1 rings (SSSR count). The number of amides is 1. The van der Waals surface area contributed by atoms with E-state index in [0.29, 0.717) is 6.54 Å². The average Bonchev–Trinajstić information content (AvgIpc) is 2.85. The topological polar surface area (TPSA) is 44.4 Å². The van der Waals surface area contributed by atoms with Crippen LogP contribution in [0.25, 0.3) is 0 Å². The summed E-state index contributed by atoms with van der Waals surface area (Å²) in [5.41, 5.74) is 0.959. The minimum Gasteiger partial charge on any atom is -0.386 e. The number of carbonyl (C=O) groups excluding carboxylic acids is 1. The van der Waals surface area contributed by atoms with Crippen molar-refractivity contribution in [3.63, 3.8) is 0 Å². The van der Waals surface area contributed by atoms with E-state index in [4.69, 9.17) is 0 Å². The molecule has 0 aliphatic carbocycles. The monoisotopic (exact) mass is 265 g/mol. The van der Waals surface area contributed by atoms with Crippen LogP contribution in [0.2, 0.25) is 0 Å². The number of likely N-dealkylation sites (tertiary alicyclic amines) is 1. The first-order valence-corrected chi connectivity index (χ1v) is 7.19. The first-order valence-electron chi connectivity index (χ1n) is 7.19. The molecule has 1 fully saturated rings. The van der Waals surface area contributed by atoms with E-state index in [9.17, 15) is 4.79 Å². The molecule has 108 valence electrons. The predicted octanol–water partition coefficient (Wildman–Crippen LogP) is 2.00. The maximum Gasteiger partial charge on any atom is 0.242 e. The molecule has 1 aliphatic rings. The Morgan fingerprint density at radius 2 is 2.32 bits per heavy atom. The molecular weight excluding hydrogens is 238 g/mol. The Morgan fingerprint density at radius 3 is 2.95 bits per heavy atom. The Hall–Kier alpha value is -1.45. The second kappa shape index (κ2) is 7.87. The molecule has 4 nitrogen and oxygen atoms in total. The third-order valence-electron chi connectivity index (χ3n) is 3.52. The lowest BCUT2D eigenvalue weighted by Crippen LogP contribution is -2.46. The zero-order valence-corrected chi connectivity index (χ0v) is 12.2. The second-order valence-corrected chi connectivity index (χ2v) is 5.20. The van der Waals surface area contributed by atoms with Gasteiger partial charge in [-0.25, -0.2) is 0 Å². The molecule has 1 heterocycles. The number of nitrogens with one attached hydrogen (secondary N) is 2. The molecule has 2 unspecified atom stereocenters. The van der Waals surface area contributed by atoms with Gasteiger partial charge in [0.2, 0.25) is 5.91 Å². The number of carbonyl (C=O) groups is 1. The average molecular weight is 265 g/mol. The molecule has 0 spiro atoms. The Kier molecular flexibility index (Phi) is 6.46. The Labute approximate surface area is 116 Å². The molecule has 0 aromatic heterocycles. The molecular formula is C15H27N3O. The van der Waals surface area contributed by atoms with E-state index < -0.39 is 0 Å². The molecule has 1 saturated heterocycles. The minimum absolute atomic E-state index is 0.0570. The Morgan fingerprint density at radius 1 is 1.58 bits per heavy atom. The van der Waals surface area contributed by atoms with Gasteiger partial charge in [-0.1, -0.05) is 26.5 Å². The van der Waals surface area contributed by atoms with Crippen LogP contribution in [0.1, 0.15) is 39.5 Å². The minimum atomic E-state index is -0.0570. The highest BCUT2D eigenvalue weighted by Gasteiger charge is 2.31. The van der Waals surface area contributed by atoms with Crippen LogP contribution < -0.4 is 10.6 Å². The van der Waals surface area contributed by atoms with E-state index in [1.807, 2.05) is 0 Å². The van der Waals surface area contributed by atoms with Gasteiger partial charge in [0.1, 0.15) is 6.04 Å². The molecule has 2 atom stereocenters. The van der Waals surface area contributed by atoms with Crippen LogP contribution in [-0.4, -0.2) is 36.0 Å². The third-order valence-corrected chi connectivity index (χ3v) is 3.52. The van der Waals surface area contributed by atoms with Crippen LogP contribution in [0.3, 0.4) is 0 Å². The van der Waals surface area contributed by atoms with Gasteiger partial charge in [-0.15, -0.1) is 0 Å². The van der Waals surface area contributed by atoms with Crippen LogP contribution >= 0.6 is 0 Å². The summed E-state index contributed by atoms with van der Waals surface area (Å²) in [4.78, 5) is 14.4. The van der Waals surface area contributed by atoms with E-state index in [1.54, 1.807) is 6.20 Å². The van der Waals surface area contributed by atoms with Gasteiger partial charge in [0.05, 0.1) is 6.54 Å². The lowest BCUT2D eigenvalue weighted by Gasteiger charge is -2.28. The summed E-state index contributed by atoms with van der Waals surface area (Å²) < 4.78 is 0. The first-order chi connectivity index (χ1) is 9.10. The maximum atomic E-state index is 12.3. The zero-order valence-electron chi connectivity index (χ0n) is 12.2. The van der Waals surface area contributed by atoms with Gasteiger partial charge in [0.15, 0.2) is 0 Å². The quantitative estimate of drug-likeness (QED) is 0.705. The highest BCUT2D eigenvalue weighted by atomic mass is 16.2. The van der Waals surface area contributed by atoms with Gasteiger partial charge in [0.25, 0.3) is 0 Å². The number of nitrogens with zero attached hydrogens (tertiary/aromatic N) is 1. The van der Waals surface area contributed by atoms with Crippen molar-refractivity contribution in [1.82, 2.24) is 15.5 Å². The highest BCUT2D eigenvalue weighted by molar-refractivity contribution is 5.82. The molecule has 1 aliphatic heterocycles. The Bertz CT molecular complexity index is 327. The number of hydrogen-bond acceptors (Lipinski definition) is 3. The van der Waals surface area contributed by atoms with E-state index in [-0.39, 0.29) is 18.0 Å². The van der Waals surface area contributed by atoms with Crippen LogP contribution in [0.4, 0.5) is 0 Å². The summed E-state index contributed by atoms with van der Waals surface area (Å²) in [7, 11) is 0. The zero-order chi connectivity index (χ0) is 14.3. The fourth-order valence-corrected chi connectivity index (χ4v) is 2.55. The molecule has 4 heteroatoms. The van der Waals surface area contributed by atoms with Crippen molar-refractivity contribution < 1.29 is 4.79 Å². The van der Waals surface area contributed by atoms with E-state index >= 15 is 0 Å². The van der Waals surface area contributed by atoms with Crippen LogP contribution in [0, 0.1) is 0 Å². The summed E-state index contributed by atoms with van der Waals surface area (Å²) in [6.07, 6.45) is 5.73.